The van der Waals surface area contributed by atoms with Crippen LogP contribution in [0.4, 0.5) is 23.4 Å². The molecule has 0 radical (unpaired) electrons. The number of aromatic nitrogens is 2. The Kier molecular flexibility index (Phi) is 7.23. The SMILES string of the molecule is CN(C)CCCNc1nc(-c2cccc(-c3cc(F)cc(C(F)(F)F)c3)c2)nc2c(Cl)cccc12. The molecule has 182 valence electrons. The van der Waals surface area contributed by atoms with Crippen molar-refractivity contribution in [1.29, 1.82) is 0 Å². The summed E-state index contributed by atoms with van der Waals surface area (Å²) >= 11 is 6.42. The van der Waals surface area contributed by atoms with Crippen molar-refractivity contribution in [3.05, 3.63) is 77.1 Å². The highest BCUT2D eigenvalue weighted by molar-refractivity contribution is 6.35. The lowest BCUT2D eigenvalue weighted by Gasteiger charge is -2.14. The monoisotopic (exact) mass is 502 g/mol. The number of nitrogens with zero attached hydrogens (tertiary/aromatic N) is 3. The average Bonchev–Trinajstić information content (AvgIpc) is 2.81. The van der Waals surface area contributed by atoms with E-state index in [9.17, 15) is 17.6 Å². The summed E-state index contributed by atoms with van der Waals surface area (Å²) in [5, 5.41) is 4.57. The van der Waals surface area contributed by atoms with E-state index in [-0.39, 0.29) is 5.56 Å². The first kappa shape index (κ1) is 24.9. The first-order chi connectivity index (χ1) is 16.6. The predicted molar refractivity (Wildman–Crippen MR) is 132 cm³/mol. The van der Waals surface area contributed by atoms with Crippen LogP contribution in [-0.2, 0) is 6.18 Å². The number of para-hydroxylation sites is 1. The van der Waals surface area contributed by atoms with Crippen molar-refractivity contribution in [2.24, 2.45) is 0 Å². The van der Waals surface area contributed by atoms with E-state index in [4.69, 9.17) is 11.6 Å². The van der Waals surface area contributed by atoms with E-state index in [1.54, 1.807) is 30.3 Å². The second-order valence-electron chi connectivity index (χ2n) is 8.42. The van der Waals surface area contributed by atoms with Gasteiger partial charge >= 0.3 is 6.18 Å². The zero-order valence-corrected chi connectivity index (χ0v) is 19.9. The molecular weight excluding hydrogens is 480 g/mol. The van der Waals surface area contributed by atoms with Gasteiger partial charge in [-0.05, 0) is 74.6 Å². The molecule has 0 bridgehead atoms. The molecule has 0 spiro atoms. The summed E-state index contributed by atoms with van der Waals surface area (Å²) in [6.07, 6.45) is -3.76. The molecule has 0 saturated heterocycles. The van der Waals surface area contributed by atoms with Crippen molar-refractivity contribution in [3.63, 3.8) is 0 Å². The van der Waals surface area contributed by atoms with Crippen molar-refractivity contribution in [2.75, 3.05) is 32.5 Å². The molecule has 0 unspecified atom stereocenters. The second kappa shape index (κ2) is 10.2. The molecule has 35 heavy (non-hydrogen) atoms. The van der Waals surface area contributed by atoms with Gasteiger partial charge in [-0.3, -0.25) is 0 Å². The second-order valence-corrected chi connectivity index (χ2v) is 8.83. The van der Waals surface area contributed by atoms with E-state index < -0.39 is 17.6 Å². The number of alkyl halides is 3. The van der Waals surface area contributed by atoms with Crippen molar-refractivity contribution in [1.82, 2.24) is 14.9 Å². The molecule has 0 saturated carbocycles. The van der Waals surface area contributed by atoms with Crippen LogP contribution in [0.3, 0.4) is 0 Å². The molecule has 0 aliphatic carbocycles. The molecule has 0 fully saturated rings. The third-order valence-electron chi connectivity index (χ3n) is 5.43. The summed E-state index contributed by atoms with van der Waals surface area (Å²) < 4.78 is 53.6. The zero-order valence-electron chi connectivity index (χ0n) is 19.1. The molecule has 1 N–H and O–H groups in total. The summed E-state index contributed by atoms with van der Waals surface area (Å²) in [4.78, 5) is 11.4. The molecule has 1 heterocycles. The Morgan fingerprint density at radius 3 is 2.40 bits per heavy atom. The van der Waals surface area contributed by atoms with Crippen LogP contribution in [0.1, 0.15) is 12.0 Å². The highest BCUT2D eigenvalue weighted by Gasteiger charge is 2.31. The van der Waals surface area contributed by atoms with E-state index in [0.717, 1.165) is 30.5 Å². The van der Waals surface area contributed by atoms with Crippen molar-refractivity contribution >= 4 is 28.3 Å². The number of hydrogen-bond acceptors (Lipinski definition) is 4. The van der Waals surface area contributed by atoms with Crippen LogP contribution in [0, 0.1) is 5.82 Å². The highest BCUT2D eigenvalue weighted by Crippen LogP contribution is 2.35. The van der Waals surface area contributed by atoms with Gasteiger partial charge in [0.2, 0.25) is 0 Å². The van der Waals surface area contributed by atoms with E-state index in [1.165, 1.54) is 0 Å². The quantitative estimate of drug-likeness (QED) is 0.215. The van der Waals surface area contributed by atoms with Crippen LogP contribution in [0.2, 0.25) is 5.02 Å². The van der Waals surface area contributed by atoms with Crippen LogP contribution >= 0.6 is 11.6 Å². The summed E-state index contributed by atoms with van der Waals surface area (Å²) in [7, 11) is 4.00. The minimum absolute atomic E-state index is 0.111. The average molecular weight is 503 g/mol. The lowest BCUT2D eigenvalue weighted by atomic mass is 10.00. The zero-order chi connectivity index (χ0) is 25.2. The lowest BCUT2D eigenvalue weighted by molar-refractivity contribution is -0.137. The number of benzene rings is 3. The molecule has 0 aliphatic heterocycles. The molecule has 4 aromatic rings. The first-order valence-corrected chi connectivity index (χ1v) is 11.3. The number of fused-ring (bicyclic) bond motifs is 1. The van der Waals surface area contributed by atoms with E-state index >= 15 is 0 Å². The van der Waals surface area contributed by atoms with Gasteiger partial charge in [0.15, 0.2) is 5.82 Å². The summed E-state index contributed by atoms with van der Waals surface area (Å²) in [5.41, 5.74) is 0.606. The third kappa shape index (κ3) is 5.89. The normalized spacial score (nSPS) is 11.9. The van der Waals surface area contributed by atoms with Crippen LogP contribution in [-0.4, -0.2) is 42.1 Å². The van der Waals surface area contributed by atoms with Gasteiger partial charge in [0.1, 0.15) is 11.6 Å². The van der Waals surface area contributed by atoms with Crippen molar-refractivity contribution in [2.45, 2.75) is 12.6 Å². The van der Waals surface area contributed by atoms with Crippen LogP contribution < -0.4 is 5.32 Å². The molecule has 0 aliphatic rings. The number of nitrogens with one attached hydrogen (secondary N) is 1. The predicted octanol–water partition coefficient (Wildman–Crippen LogP) is 7.14. The largest absolute Gasteiger partial charge is 0.416 e. The minimum Gasteiger partial charge on any atom is -0.369 e. The van der Waals surface area contributed by atoms with Crippen molar-refractivity contribution < 1.29 is 17.6 Å². The summed E-state index contributed by atoms with van der Waals surface area (Å²) in [6, 6.07) is 14.6. The Hall–Kier alpha value is -3.23. The molecule has 0 amide bonds. The molecule has 4 rings (SSSR count). The summed E-state index contributed by atoms with van der Waals surface area (Å²) in [5.74, 6) is 0.00922. The van der Waals surface area contributed by atoms with Gasteiger partial charge in [0.05, 0.1) is 16.1 Å². The van der Waals surface area contributed by atoms with E-state index in [0.29, 0.717) is 45.9 Å². The fourth-order valence-corrected chi connectivity index (χ4v) is 3.96. The van der Waals surface area contributed by atoms with Gasteiger partial charge in [-0.1, -0.05) is 35.9 Å². The summed E-state index contributed by atoms with van der Waals surface area (Å²) in [6.45, 7) is 1.58. The topological polar surface area (TPSA) is 41.0 Å². The molecule has 3 aromatic carbocycles. The number of hydrogen-bond donors (Lipinski definition) is 1. The van der Waals surface area contributed by atoms with Crippen molar-refractivity contribution in [3.8, 4) is 22.5 Å². The fourth-order valence-electron chi connectivity index (χ4n) is 3.74. The maximum Gasteiger partial charge on any atom is 0.416 e. The maximum atomic E-state index is 14.0. The highest BCUT2D eigenvalue weighted by atomic mass is 35.5. The third-order valence-corrected chi connectivity index (χ3v) is 5.74. The van der Waals surface area contributed by atoms with Gasteiger partial charge in [-0.25, -0.2) is 14.4 Å². The molecule has 1 aromatic heterocycles. The molecular formula is C26H23ClF4N4. The first-order valence-electron chi connectivity index (χ1n) is 11.0. The molecule has 4 nitrogen and oxygen atoms in total. The van der Waals surface area contributed by atoms with Gasteiger partial charge in [-0.2, -0.15) is 13.2 Å². The van der Waals surface area contributed by atoms with Gasteiger partial charge in [0, 0.05) is 17.5 Å². The standard InChI is InChI=1S/C26H23ClF4N4/c1-35(2)11-5-10-32-25-21-8-4-9-22(27)23(21)33-24(34-25)17-7-3-6-16(12-17)18-13-19(26(29,30)31)15-20(28)14-18/h3-4,6-9,12-15H,5,10-11H2,1-2H3,(H,32,33,34). The molecule has 0 atom stereocenters. The Morgan fingerprint density at radius 1 is 0.914 bits per heavy atom. The number of anilines is 1. The molecule has 9 heteroatoms. The van der Waals surface area contributed by atoms with Gasteiger partial charge in [-0.15, -0.1) is 0 Å². The van der Waals surface area contributed by atoms with Gasteiger partial charge < -0.3 is 10.2 Å². The Morgan fingerprint density at radius 2 is 1.66 bits per heavy atom. The minimum atomic E-state index is -4.65. The Balaban J connectivity index is 1.75. The smallest absolute Gasteiger partial charge is 0.369 e. The lowest BCUT2D eigenvalue weighted by Crippen LogP contribution is -2.17. The van der Waals surface area contributed by atoms with E-state index in [2.05, 4.69) is 20.2 Å². The van der Waals surface area contributed by atoms with E-state index in [1.807, 2.05) is 26.2 Å². The Bertz CT molecular complexity index is 1360. The fraction of sp³-hybridized carbons (Fsp3) is 0.231. The number of halogens is 5. The van der Waals surface area contributed by atoms with Crippen LogP contribution in [0.5, 0.6) is 0 Å². The van der Waals surface area contributed by atoms with Gasteiger partial charge in [0.25, 0.3) is 0 Å². The van der Waals surface area contributed by atoms with Crippen LogP contribution in [0.15, 0.2) is 60.7 Å². The Labute approximate surface area is 205 Å². The van der Waals surface area contributed by atoms with Crippen LogP contribution in [0.25, 0.3) is 33.4 Å². The maximum absolute atomic E-state index is 14.0. The number of rotatable bonds is 7.